The van der Waals surface area contributed by atoms with Gasteiger partial charge < -0.3 is 14.4 Å². The molecule has 2 N–H and O–H groups in total. The lowest BCUT2D eigenvalue weighted by Gasteiger charge is -2.29. The number of furan rings is 1. The van der Waals surface area contributed by atoms with Crippen LogP contribution in [0.5, 0.6) is 5.75 Å². The number of anilines is 1. The molecule has 0 saturated carbocycles. The summed E-state index contributed by atoms with van der Waals surface area (Å²) in [6, 6.07) is 19.8. The minimum absolute atomic E-state index is 0.201. The van der Waals surface area contributed by atoms with Gasteiger partial charge in [-0.2, -0.15) is 10.4 Å². The highest BCUT2D eigenvalue weighted by molar-refractivity contribution is 6.06. The van der Waals surface area contributed by atoms with Crippen molar-refractivity contribution in [2.45, 2.75) is 26.2 Å². The number of pyridine rings is 1. The summed E-state index contributed by atoms with van der Waals surface area (Å²) >= 11 is 0. The maximum absolute atomic E-state index is 10.4. The molecule has 0 atom stereocenters. The summed E-state index contributed by atoms with van der Waals surface area (Å²) in [5.74, 6) is 0.828. The van der Waals surface area contributed by atoms with Crippen molar-refractivity contribution in [3.63, 3.8) is 0 Å². The summed E-state index contributed by atoms with van der Waals surface area (Å²) in [5, 5.41) is 28.8. The molecule has 0 unspecified atom stereocenters. The molecule has 5 aromatic rings. The van der Waals surface area contributed by atoms with E-state index in [0.29, 0.717) is 33.9 Å². The second kappa shape index (κ2) is 8.90. The predicted octanol–water partition coefficient (Wildman–Crippen LogP) is 6.43. The number of aromatic amines is 1. The van der Waals surface area contributed by atoms with Gasteiger partial charge in [0.15, 0.2) is 11.4 Å². The Labute approximate surface area is 208 Å². The van der Waals surface area contributed by atoms with Gasteiger partial charge in [0.25, 0.3) is 0 Å². The van der Waals surface area contributed by atoms with E-state index >= 15 is 0 Å². The lowest BCUT2D eigenvalue weighted by molar-refractivity contribution is 0.471. The first-order valence-electron chi connectivity index (χ1n) is 12.2. The lowest BCUT2D eigenvalue weighted by Crippen LogP contribution is -2.29. The number of benzene rings is 2. The molecule has 36 heavy (non-hydrogen) atoms. The van der Waals surface area contributed by atoms with E-state index in [4.69, 9.17) is 9.40 Å². The van der Waals surface area contributed by atoms with Gasteiger partial charge in [0, 0.05) is 29.9 Å². The average molecular weight is 476 g/mol. The van der Waals surface area contributed by atoms with E-state index in [1.165, 1.54) is 24.9 Å². The number of nitrogens with zero attached hydrogens (tertiary/aromatic N) is 4. The van der Waals surface area contributed by atoms with Gasteiger partial charge in [0.2, 0.25) is 0 Å². The topological polar surface area (TPSA) is 102 Å². The number of nitrogens with one attached hydrogen (secondary N) is 1. The number of hydrogen-bond acceptors (Lipinski definition) is 6. The Hall–Kier alpha value is -4.57. The summed E-state index contributed by atoms with van der Waals surface area (Å²) < 4.78 is 5.68. The third-order valence-corrected chi connectivity index (χ3v) is 6.93. The Balaban J connectivity index is 1.59. The Morgan fingerprint density at radius 2 is 1.81 bits per heavy atom. The summed E-state index contributed by atoms with van der Waals surface area (Å²) in [6.07, 6.45) is 5.32. The number of phenolic OH excluding ortho intramolecular Hbond substituents is 1. The summed E-state index contributed by atoms with van der Waals surface area (Å²) in [7, 11) is 0. The fourth-order valence-electron chi connectivity index (χ4n) is 5.05. The molecule has 0 bridgehead atoms. The minimum atomic E-state index is 0.201. The van der Waals surface area contributed by atoms with Crippen LogP contribution in [0.15, 0.2) is 65.3 Å². The Bertz CT molecular complexity index is 1590. The molecule has 1 fully saturated rings. The second-order valence-electron chi connectivity index (χ2n) is 9.19. The molecule has 1 aliphatic heterocycles. The number of aryl methyl sites for hydroxylation is 1. The quantitative estimate of drug-likeness (QED) is 0.311. The first-order valence-corrected chi connectivity index (χ1v) is 12.2. The molecule has 6 rings (SSSR count). The smallest absolute Gasteiger partial charge is 0.182 e. The first-order chi connectivity index (χ1) is 17.6. The zero-order chi connectivity index (χ0) is 24.6. The highest BCUT2D eigenvalue weighted by Crippen LogP contribution is 2.41. The predicted molar refractivity (Wildman–Crippen MR) is 140 cm³/mol. The Morgan fingerprint density at radius 1 is 1.03 bits per heavy atom. The largest absolute Gasteiger partial charge is 0.508 e. The third kappa shape index (κ3) is 3.68. The van der Waals surface area contributed by atoms with Crippen molar-refractivity contribution in [1.29, 1.82) is 5.26 Å². The lowest BCUT2D eigenvalue weighted by atomic mass is 9.92. The highest BCUT2D eigenvalue weighted by atomic mass is 16.3. The van der Waals surface area contributed by atoms with Crippen LogP contribution in [-0.4, -0.2) is 33.4 Å². The van der Waals surface area contributed by atoms with Crippen LogP contribution < -0.4 is 4.90 Å². The number of fused-ring (bicyclic) bond motifs is 1. The van der Waals surface area contributed by atoms with Gasteiger partial charge in [-0.1, -0.05) is 12.1 Å². The fourth-order valence-corrected chi connectivity index (χ4v) is 5.05. The van der Waals surface area contributed by atoms with Gasteiger partial charge in [-0.25, -0.2) is 4.98 Å². The monoisotopic (exact) mass is 475 g/mol. The van der Waals surface area contributed by atoms with Gasteiger partial charge in [-0.3, -0.25) is 5.10 Å². The van der Waals surface area contributed by atoms with Gasteiger partial charge in [-0.15, -0.1) is 0 Å². The number of hydrogen-bond donors (Lipinski definition) is 2. The Morgan fingerprint density at radius 3 is 2.50 bits per heavy atom. The third-order valence-electron chi connectivity index (χ3n) is 6.93. The number of aromatic hydroxyl groups is 1. The van der Waals surface area contributed by atoms with Crippen molar-refractivity contribution in [1.82, 2.24) is 15.2 Å². The maximum atomic E-state index is 10.4. The van der Waals surface area contributed by atoms with E-state index < -0.39 is 0 Å². The van der Waals surface area contributed by atoms with Gasteiger partial charge in [0.05, 0.1) is 22.9 Å². The molecule has 0 amide bonds. The molecule has 7 nitrogen and oxygen atoms in total. The van der Waals surface area contributed by atoms with E-state index in [1.54, 1.807) is 18.4 Å². The molecule has 0 aliphatic carbocycles. The number of rotatable bonds is 4. The standard InChI is InChI=1S/C29H25N5O2/c1-18-16-20(9-12-23(18)35)27-22(17-30)25(19-7-10-21(11-8-19)34-13-3-2-4-14-34)26-28(24-6-5-15-36-24)32-33-29(26)31-27/h5-12,15-16,35H,2-4,13-14H2,1H3,(H,31,32,33). The molecule has 1 aliphatic rings. The molecular formula is C29H25N5O2. The van der Waals surface area contributed by atoms with E-state index in [-0.39, 0.29) is 5.75 Å². The molecule has 1 saturated heterocycles. The van der Waals surface area contributed by atoms with Crippen molar-refractivity contribution in [2.24, 2.45) is 0 Å². The van der Waals surface area contributed by atoms with Crippen LogP contribution in [-0.2, 0) is 0 Å². The number of H-pyrrole nitrogens is 1. The number of nitriles is 1. The Kier molecular flexibility index (Phi) is 5.42. The van der Waals surface area contributed by atoms with Crippen molar-refractivity contribution in [2.75, 3.05) is 18.0 Å². The maximum Gasteiger partial charge on any atom is 0.182 e. The van der Waals surface area contributed by atoms with E-state index in [1.807, 2.05) is 25.1 Å². The minimum Gasteiger partial charge on any atom is -0.508 e. The van der Waals surface area contributed by atoms with Crippen LogP contribution in [0.1, 0.15) is 30.4 Å². The van der Waals surface area contributed by atoms with Crippen LogP contribution in [0.2, 0.25) is 0 Å². The average Bonchev–Trinajstić information content (AvgIpc) is 3.60. The molecule has 7 heteroatoms. The van der Waals surface area contributed by atoms with Crippen molar-refractivity contribution in [3.05, 3.63) is 72.0 Å². The molecule has 4 heterocycles. The molecule has 178 valence electrons. The van der Waals surface area contributed by atoms with E-state index in [0.717, 1.165) is 35.2 Å². The van der Waals surface area contributed by atoms with Crippen LogP contribution >= 0.6 is 0 Å². The van der Waals surface area contributed by atoms with Gasteiger partial charge in [0.1, 0.15) is 17.5 Å². The van der Waals surface area contributed by atoms with Crippen LogP contribution in [0, 0.1) is 18.3 Å². The SMILES string of the molecule is Cc1cc(-c2nc3n[nH]c(-c4ccco4)c3c(-c3ccc(N4CCCCC4)cc3)c2C#N)ccc1O. The number of piperidine rings is 1. The zero-order valence-electron chi connectivity index (χ0n) is 20.0. The summed E-state index contributed by atoms with van der Waals surface area (Å²) in [4.78, 5) is 7.21. The first kappa shape index (κ1) is 21.9. The molecule has 3 aromatic heterocycles. The van der Waals surface area contributed by atoms with Gasteiger partial charge in [-0.05, 0) is 79.8 Å². The van der Waals surface area contributed by atoms with E-state index in [9.17, 15) is 10.4 Å². The summed E-state index contributed by atoms with van der Waals surface area (Å²) in [5.41, 5.74) is 6.47. The molecular weight excluding hydrogens is 450 g/mol. The molecule has 0 radical (unpaired) electrons. The van der Waals surface area contributed by atoms with Crippen molar-refractivity contribution in [3.8, 4) is 45.7 Å². The van der Waals surface area contributed by atoms with Crippen molar-refractivity contribution < 1.29 is 9.52 Å². The van der Waals surface area contributed by atoms with Gasteiger partial charge >= 0.3 is 0 Å². The number of aromatic nitrogens is 3. The molecule has 2 aromatic carbocycles. The van der Waals surface area contributed by atoms with E-state index in [2.05, 4.69) is 45.4 Å². The normalized spacial score (nSPS) is 13.7. The fraction of sp³-hybridized carbons (Fsp3) is 0.207. The molecule has 0 spiro atoms. The summed E-state index contributed by atoms with van der Waals surface area (Å²) in [6.45, 7) is 3.96. The zero-order valence-corrected chi connectivity index (χ0v) is 20.0. The van der Waals surface area contributed by atoms with Crippen LogP contribution in [0.25, 0.3) is 44.9 Å². The second-order valence-corrected chi connectivity index (χ2v) is 9.19. The van der Waals surface area contributed by atoms with Crippen molar-refractivity contribution >= 4 is 16.7 Å². The highest BCUT2D eigenvalue weighted by Gasteiger charge is 2.24. The van der Waals surface area contributed by atoms with Crippen LogP contribution in [0.3, 0.4) is 0 Å². The van der Waals surface area contributed by atoms with Crippen LogP contribution in [0.4, 0.5) is 5.69 Å². The number of phenols is 1.